The van der Waals surface area contributed by atoms with Crippen molar-refractivity contribution in [1.29, 1.82) is 0 Å². The van der Waals surface area contributed by atoms with E-state index in [1.54, 1.807) is 0 Å². The van der Waals surface area contributed by atoms with Crippen molar-refractivity contribution in [3.63, 3.8) is 0 Å². The van der Waals surface area contributed by atoms with Crippen molar-refractivity contribution in [3.8, 4) is 0 Å². The second kappa shape index (κ2) is 4.44. The predicted octanol–water partition coefficient (Wildman–Crippen LogP) is 3.68. The van der Waals surface area contributed by atoms with Crippen LogP contribution in [0.4, 0.5) is 0 Å². The number of aromatic nitrogens is 2. The van der Waals surface area contributed by atoms with Crippen molar-refractivity contribution in [2.45, 2.75) is 0 Å². The van der Waals surface area contributed by atoms with Gasteiger partial charge in [0.1, 0.15) is 0 Å². The minimum Gasteiger partial charge on any atom is -0.392 e. The molecule has 0 aliphatic rings. The third kappa shape index (κ3) is 1.62. The van der Waals surface area contributed by atoms with Crippen LogP contribution in [0.3, 0.4) is 0 Å². The maximum absolute atomic E-state index is 4.54. The summed E-state index contributed by atoms with van der Waals surface area (Å²) in [5.41, 5.74) is 3.47. The van der Waals surface area contributed by atoms with Gasteiger partial charge in [0.2, 0.25) is 0 Å². The van der Waals surface area contributed by atoms with E-state index in [1.165, 1.54) is 21.8 Å². The van der Waals surface area contributed by atoms with Crippen molar-refractivity contribution >= 4 is 32.7 Å². The fourth-order valence-electron chi connectivity index (χ4n) is 2.70. The Morgan fingerprint density at radius 3 is 2.84 bits per heavy atom. The number of hydrogen-bond donors (Lipinski definition) is 0. The zero-order valence-corrected chi connectivity index (χ0v) is 12.7. The molecule has 4 rings (SSSR count). The van der Waals surface area contributed by atoms with Crippen molar-refractivity contribution in [2.75, 3.05) is 0 Å². The van der Waals surface area contributed by atoms with E-state index in [-0.39, 0.29) is 20.1 Å². The molecule has 95 valence electrons. The van der Waals surface area contributed by atoms with Crippen LogP contribution in [0, 0.1) is 6.07 Å². The molecule has 0 unspecified atom stereocenters. The minimum atomic E-state index is 0. The monoisotopic (exact) mass is 424 g/mol. The molecule has 2 heterocycles. The van der Waals surface area contributed by atoms with E-state index >= 15 is 0 Å². The van der Waals surface area contributed by atoms with Gasteiger partial charge in [0.15, 0.2) is 0 Å². The smallest absolute Gasteiger partial charge is 0.0387 e. The second-order valence-corrected chi connectivity index (χ2v) is 4.52. The summed E-state index contributed by atoms with van der Waals surface area (Å²) in [6.07, 6.45) is 1.85. The van der Waals surface area contributed by atoms with Crippen molar-refractivity contribution < 1.29 is 20.1 Å². The normalized spacial score (nSPS) is 11.0. The topological polar surface area (TPSA) is 17.8 Å². The zero-order valence-electron chi connectivity index (χ0n) is 10.3. The molecule has 0 spiro atoms. The Bertz CT molecular complexity index is 893. The summed E-state index contributed by atoms with van der Waals surface area (Å²) < 4.78 is 2.20. The quantitative estimate of drug-likeness (QED) is 0.395. The summed E-state index contributed by atoms with van der Waals surface area (Å²) in [6.45, 7) is 0. The molecule has 0 atom stereocenters. The second-order valence-electron chi connectivity index (χ2n) is 4.52. The van der Waals surface area contributed by atoms with Crippen LogP contribution in [-0.4, -0.2) is 9.55 Å². The number of hydrogen-bond acceptors (Lipinski definition) is 1. The maximum atomic E-state index is 4.54. The van der Waals surface area contributed by atoms with E-state index in [9.17, 15) is 0 Å². The van der Waals surface area contributed by atoms with Gasteiger partial charge in [-0.2, -0.15) is 0 Å². The van der Waals surface area contributed by atoms with Crippen molar-refractivity contribution in [1.82, 2.24) is 9.55 Å². The molecule has 0 saturated heterocycles. The summed E-state index contributed by atoms with van der Waals surface area (Å²) >= 11 is 0. The summed E-state index contributed by atoms with van der Waals surface area (Å²) in [7, 11) is 2.09. The SMILES string of the molecule is Cn1c2ccc[c-]c2c2c3ncccc3ccc21.[Ir]. The first-order valence-electron chi connectivity index (χ1n) is 5.99. The van der Waals surface area contributed by atoms with Gasteiger partial charge in [-0.05, 0) is 33.9 Å². The number of benzene rings is 2. The molecular weight excluding hydrogens is 412 g/mol. The van der Waals surface area contributed by atoms with Crippen LogP contribution in [0.1, 0.15) is 0 Å². The molecule has 0 amide bonds. The molecule has 4 aromatic rings. The number of aryl methyl sites for hydroxylation is 1. The number of pyridine rings is 1. The van der Waals surface area contributed by atoms with E-state index in [2.05, 4.69) is 46.9 Å². The van der Waals surface area contributed by atoms with Crippen LogP contribution in [-0.2, 0) is 27.2 Å². The third-order valence-electron chi connectivity index (χ3n) is 3.56. The van der Waals surface area contributed by atoms with Crippen molar-refractivity contribution in [3.05, 3.63) is 54.7 Å². The average Bonchev–Trinajstić information content (AvgIpc) is 2.73. The van der Waals surface area contributed by atoms with Gasteiger partial charge in [-0.25, -0.2) is 0 Å². The summed E-state index contributed by atoms with van der Waals surface area (Å²) in [4.78, 5) is 4.54. The van der Waals surface area contributed by atoms with Gasteiger partial charge in [0, 0.05) is 38.9 Å². The molecule has 1 radical (unpaired) electrons. The largest absolute Gasteiger partial charge is 0.392 e. The van der Waals surface area contributed by atoms with Crippen molar-refractivity contribution in [2.24, 2.45) is 7.05 Å². The van der Waals surface area contributed by atoms with Gasteiger partial charge in [0.25, 0.3) is 0 Å². The molecule has 2 aromatic carbocycles. The zero-order chi connectivity index (χ0) is 12.1. The van der Waals surface area contributed by atoms with E-state index in [0.29, 0.717) is 0 Å². The molecule has 0 aliphatic carbocycles. The summed E-state index contributed by atoms with van der Waals surface area (Å²) in [5.74, 6) is 0. The average molecular weight is 423 g/mol. The van der Waals surface area contributed by atoms with Gasteiger partial charge < -0.3 is 4.57 Å². The number of rotatable bonds is 0. The molecule has 0 saturated carbocycles. The fraction of sp³-hybridized carbons (Fsp3) is 0.0625. The molecule has 2 aromatic heterocycles. The van der Waals surface area contributed by atoms with Gasteiger partial charge in [-0.1, -0.05) is 12.1 Å². The molecule has 19 heavy (non-hydrogen) atoms. The van der Waals surface area contributed by atoms with Gasteiger partial charge >= 0.3 is 0 Å². The number of fused-ring (bicyclic) bond motifs is 5. The Morgan fingerprint density at radius 1 is 1.05 bits per heavy atom. The van der Waals surface area contributed by atoms with Gasteiger partial charge in [-0.3, -0.25) is 4.98 Å². The summed E-state index contributed by atoms with van der Waals surface area (Å²) in [5, 5.41) is 3.53. The van der Waals surface area contributed by atoms with Crippen LogP contribution >= 0.6 is 0 Å². The Morgan fingerprint density at radius 2 is 1.95 bits per heavy atom. The standard InChI is InChI=1S/C16H11N2.Ir/c1-18-13-7-3-2-6-12(13)15-14(18)9-8-11-5-4-10-17-16(11)15;/h2-5,7-10H,1H3;/q-1;. The molecule has 2 nitrogen and oxygen atoms in total. The molecule has 0 bridgehead atoms. The Balaban J connectivity index is 0.00000110. The number of nitrogens with zero attached hydrogens (tertiary/aromatic N) is 2. The Kier molecular flexibility index (Phi) is 2.89. The first-order valence-corrected chi connectivity index (χ1v) is 5.99. The molecule has 0 aliphatic heterocycles. The van der Waals surface area contributed by atoms with Crippen LogP contribution in [0.25, 0.3) is 32.7 Å². The fourth-order valence-corrected chi connectivity index (χ4v) is 2.70. The van der Waals surface area contributed by atoms with Crippen LogP contribution in [0.2, 0.25) is 0 Å². The maximum Gasteiger partial charge on any atom is 0.0387 e. The van der Waals surface area contributed by atoms with E-state index in [1.807, 2.05) is 24.4 Å². The van der Waals surface area contributed by atoms with Gasteiger partial charge in [0.05, 0.1) is 0 Å². The van der Waals surface area contributed by atoms with Gasteiger partial charge in [-0.15, -0.1) is 29.7 Å². The minimum absolute atomic E-state index is 0. The summed E-state index contributed by atoms with van der Waals surface area (Å²) in [6, 6.07) is 17.8. The van der Waals surface area contributed by atoms with Crippen LogP contribution in [0.15, 0.2) is 48.7 Å². The first-order chi connectivity index (χ1) is 8.86. The molecule has 0 N–H and O–H groups in total. The van der Waals surface area contributed by atoms with Crippen LogP contribution < -0.4 is 0 Å². The Labute approximate surface area is 124 Å². The van der Waals surface area contributed by atoms with E-state index < -0.39 is 0 Å². The molecule has 0 fully saturated rings. The molecular formula is C16H11IrN2-. The Hall–Kier alpha value is -1.70. The first kappa shape index (κ1) is 12.3. The van der Waals surface area contributed by atoms with E-state index in [4.69, 9.17) is 0 Å². The molecule has 3 heteroatoms. The predicted molar refractivity (Wildman–Crippen MR) is 74.6 cm³/mol. The van der Waals surface area contributed by atoms with Crippen LogP contribution in [0.5, 0.6) is 0 Å². The van der Waals surface area contributed by atoms with E-state index in [0.717, 1.165) is 10.9 Å². The third-order valence-corrected chi connectivity index (χ3v) is 3.56.